The van der Waals surface area contributed by atoms with Crippen molar-refractivity contribution in [3.05, 3.63) is 59.4 Å². The molecule has 0 aliphatic carbocycles. The van der Waals surface area contributed by atoms with Gasteiger partial charge in [-0.25, -0.2) is 8.78 Å². The van der Waals surface area contributed by atoms with E-state index < -0.39 is 29.8 Å². The maximum absolute atomic E-state index is 13.6. The van der Waals surface area contributed by atoms with Gasteiger partial charge < -0.3 is 10.5 Å². The predicted molar refractivity (Wildman–Crippen MR) is 63.3 cm³/mol. The Morgan fingerprint density at radius 3 is 2.33 bits per heavy atom. The second-order valence-electron chi connectivity index (χ2n) is 4.12. The van der Waals surface area contributed by atoms with Crippen molar-refractivity contribution in [1.82, 2.24) is 4.98 Å². The molecule has 1 aromatic heterocycles. The van der Waals surface area contributed by atoms with Gasteiger partial charge in [0.1, 0.15) is 5.82 Å². The maximum atomic E-state index is 13.6. The van der Waals surface area contributed by atoms with Crippen LogP contribution in [-0.2, 0) is 0 Å². The van der Waals surface area contributed by atoms with Crippen molar-refractivity contribution < 1.29 is 26.7 Å². The number of rotatable bonds is 3. The summed E-state index contributed by atoms with van der Waals surface area (Å²) in [5, 5.41) is 0. The van der Waals surface area contributed by atoms with Crippen LogP contribution in [0.4, 0.5) is 22.0 Å². The molecule has 1 aromatic carbocycles. The van der Waals surface area contributed by atoms with E-state index >= 15 is 0 Å². The number of nitrogens with zero attached hydrogens (tertiary/aromatic N) is 1. The minimum atomic E-state index is -4.98. The van der Waals surface area contributed by atoms with Crippen molar-refractivity contribution >= 4 is 0 Å². The summed E-state index contributed by atoms with van der Waals surface area (Å²) in [4.78, 5) is 3.73. The van der Waals surface area contributed by atoms with E-state index in [0.29, 0.717) is 0 Å². The molecule has 0 bridgehead atoms. The van der Waals surface area contributed by atoms with E-state index in [1.54, 1.807) is 0 Å². The van der Waals surface area contributed by atoms with Gasteiger partial charge in [0.05, 0.1) is 17.9 Å². The first-order valence-corrected chi connectivity index (χ1v) is 5.68. The molecule has 3 nitrogen and oxygen atoms in total. The summed E-state index contributed by atoms with van der Waals surface area (Å²) in [6.45, 7) is 0. The molecule has 1 atom stereocenters. The molecular formula is C13H9F5N2O. The fraction of sp³-hybridized carbons (Fsp3) is 0.154. The number of halogens is 5. The van der Waals surface area contributed by atoms with Gasteiger partial charge in [0, 0.05) is 0 Å². The lowest BCUT2D eigenvalue weighted by molar-refractivity contribution is -0.275. The number of pyridine rings is 1. The van der Waals surface area contributed by atoms with Gasteiger partial charge in [-0.3, -0.25) is 4.98 Å². The van der Waals surface area contributed by atoms with Gasteiger partial charge in [-0.2, -0.15) is 0 Å². The number of benzene rings is 1. The van der Waals surface area contributed by atoms with Gasteiger partial charge in [-0.1, -0.05) is 6.07 Å². The van der Waals surface area contributed by atoms with E-state index in [0.717, 1.165) is 24.4 Å². The first-order chi connectivity index (χ1) is 9.76. The normalized spacial score (nSPS) is 13.0. The van der Waals surface area contributed by atoms with Crippen LogP contribution in [0.25, 0.3) is 0 Å². The molecule has 0 amide bonds. The summed E-state index contributed by atoms with van der Waals surface area (Å²) < 4.78 is 65.9. The minimum Gasteiger partial charge on any atom is -0.403 e. The van der Waals surface area contributed by atoms with Crippen LogP contribution < -0.4 is 10.5 Å². The number of hydrogen-bond acceptors (Lipinski definition) is 3. The summed E-state index contributed by atoms with van der Waals surface area (Å²) in [5.74, 6) is -2.72. The average Bonchev–Trinajstić information content (AvgIpc) is 2.40. The number of ether oxygens (including phenoxy) is 1. The Balaban J connectivity index is 2.25. The molecule has 1 heterocycles. The Bertz CT molecular complexity index is 627. The number of aromatic nitrogens is 1. The van der Waals surface area contributed by atoms with Crippen molar-refractivity contribution in [3.8, 4) is 5.75 Å². The van der Waals surface area contributed by atoms with E-state index in [2.05, 4.69) is 9.72 Å². The van der Waals surface area contributed by atoms with Crippen LogP contribution >= 0.6 is 0 Å². The summed E-state index contributed by atoms with van der Waals surface area (Å²) in [5.41, 5.74) is 6.23. The molecule has 0 aliphatic heterocycles. The molecule has 8 heteroatoms. The smallest absolute Gasteiger partial charge is 0.403 e. The zero-order valence-electron chi connectivity index (χ0n) is 10.4. The SMILES string of the molecule is N[C@@H](c1ccc(OC(F)(F)F)c(F)c1)c1ccc(F)cn1. The van der Waals surface area contributed by atoms with Crippen LogP contribution in [0.3, 0.4) is 0 Å². The van der Waals surface area contributed by atoms with Gasteiger partial charge in [-0.15, -0.1) is 13.2 Å². The lowest BCUT2D eigenvalue weighted by Gasteiger charge is -2.14. The highest BCUT2D eigenvalue weighted by molar-refractivity contribution is 5.34. The van der Waals surface area contributed by atoms with Crippen molar-refractivity contribution in [3.63, 3.8) is 0 Å². The van der Waals surface area contributed by atoms with Crippen LogP contribution in [0, 0.1) is 11.6 Å². The van der Waals surface area contributed by atoms with Gasteiger partial charge in [0.2, 0.25) is 0 Å². The molecule has 0 saturated carbocycles. The summed E-state index contributed by atoms with van der Waals surface area (Å²) in [6, 6.07) is 4.34. The highest BCUT2D eigenvalue weighted by Gasteiger charge is 2.32. The van der Waals surface area contributed by atoms with E-state index in [1.165, 1.54) is 12.1 Å². The molecule has 2 N–H and O–H groups in total. The zero-order valence-corrected chi connectivity index (χ0v) is 10.4. The van der Waals surface area contributed by atoms with Crippen LogP contribution in [-0.4, -0.2) is 11.3 Å². The minimum absolute atomic E-state index is 0.182. The zero-order chi connectivity index (χ0) is 15.6. The van der Waals surface area contributed by atoms with Crippen LogP contribution in [0.5, 0.6) is 5.75 Å². The molecule has 0 radical (unpaired) electrons. The molecule has 0 unspecified atom stereocenters. The third kappa shape index (κ3) is 3.88. The van der Waals surface area contributed by atoms with E-state index in [9.17, 15) is 22.0 Å². The number of hydrogen-bond donors (Lipinski definition) is 1. The van der Waals surface area contributed by atoms with E-state index in [1.807, 2.05) is 0 Å². The van der Waals surface area contributed by atoms with Gasteiger partial charge >= 0.3 is 6.36 Å². The third-order valence-electron chi connectivity index (χ3n) is 2.61. The van der Waals surface area contributed by atoms with Crippen LogP contribution in [0.1, 0.15) is 17.3 Å². The van der Waals surface area contributed by atoms with E-state index in [-0.39, 0.29) is 11.3 Å². The first kappa shape index (κ1) is 15.2. The first-order valence-electron chi connectivity index (χ1n) is 5.68. The van der Waals surface area contributed by atoms with Gasteiger partial charge in [-0.05, 0) is 29.8 Å². The van der Waals surface area contributed by atoms with Crippen molar-refractivity contribution in [2.75, 3.05) is 0 Å². The summed E-state index contributed by atoms with van der Waals surface area (Å²) in [7, 11) is 0. The lowest BCUT2D eigenvalue weighted by atomic mass is 10.0. The lowest BCUT2D eigenvalue weighted by Crippen LogP contribution is -2.18. The van der Waals surface area contributed by atoms with Gasteiger partial charge in [0.25, 0.3) is 0 Å². The molecule has 0 saturated heterocycles. The fourth-order valence-corrected chi connectivity index (χ4v) is 1.66. The molecule has 0 spiro atoms. The summed E-state index contributed by atoms with van der Waals surface area (Å²) >= 11 is 0. The molecule has 2 aromatic rings. The standard InChI is InChI=1S/C13H9F5N2O/c14-8-2-3-10(20-6-8)12(19)7-1-4-11(9(15)5-7)21-13(16,17)18/h1-6,12H,19H2/t12-/m0/s1. The Labute approximate surface area is 116 Å². The fourth-order valence-electron chi connectivity index (χ4n) is 1.66. The quantitative estimate of drug-likeness (QED) is 0.885. The topological polar surface area (TPSA) is 48.1 Å². The molecule has 21 heavy (non-hydrogen) atoms. The van der Waals surface area contributed by atoms with Crippen molar-refractivity contribution in [2.45, 2.75) is 12.4 Å². The Kier molecular flexibility index (Phi) is 4.08. The highest BCUT2D eigenvalue weighted by Crippen LogP contribution is 2.28. The Hall–Kier alpha value is -2.22. The summed E-state index contributed by atoms with van der Waals surface area (Å²) in [6.07, 6.45) is -4.05. The Morgan fingerprint density at radius 2 is 1.81 bits per heavy atom. The Morgan fingerprint density at radius 1 is 1.10 bits per heavy atom. The number of alkyl halides is 3. The molecule has 0 aliphatic rings. The highest BCUT2D eigenvalue weighted by atomic mass is 19.4. The molecule has 2 rings (SSSR count). The van der Waals surface area contributed by atoms with Crippen LogP contribution in [0.2, 0.25) is 0 Å². The molecule has 112 valence electrons. The second kappa shape index (κ2) is 5.65. The molecule has 0 fully saturated rings. The van der Waals surface area contributed by atoms with Gasteiger partial charge in [0.15, 0.2) is 11.6 Å². The average molecular weight is 304 g/mol. The van der Waals surface area contributed by atoms with E-state index in [4.69, 9.17) is 5.73 Å². The second-order valence-corrected chi connectivity index (χ2v) is 4.12. The van der Waals surface area contributed by atoms with Crippen LogP contribution in [0.15, 0.2) is 36.5 Å². The largest absolute Gasteiger partial charge is 0.573 e. The van der Waals surface area contributed by atoms with Crippen molar-refractivity contribution in [1.29, 1.82) is 0 Å². The van der Waals surface area contributed by atoms with Crippen molar-refractivity contribution in [2.24, 2.45) is 5.73 Å². The maximum Gasteiger partial charge on any atom is 0.573 e. The monoisotopic (exact) mass is 304 g/mol. The predicted octanol–water partition coefficient (Wildman–Crippen LogP) is 3.31. The molecular weight excluding hydrogens is 295 g/mol. The number of nitrogens with two attached hydrogens (primary N) is 1. The third-order valence-corrected chi connectivity index (χ3v) is 2.61.